The minimum absolute atomic E-state index is 0.0109. The minimum atomic E-state index is 0.0109. The highest BCUT2D eigenvalue weighted by Gasteiger charge is 2.20. The third-order valence-corrected chi connectivity index (χ3v) is 4.75. The summed E-state index contributed by atoms with van der Waals surface area (Å²) in [7, 11) is 3.50. The van der Waals surface area contributed by atoms with Gasteiger partial charge in [-0.3, -0.25) is 9.48 Å². The number of nitrogens with zero attached hydrogens (tertiary/aromatic N) is 3. The minimum Gasteiger partial charge on any atom is -0.497 e. The molecule has 0 radical (unpaired) electrons. The first-order valence-corrected chi connectivity index (χ1v) is 9.07. The van der Waals surface area contributed by atoms with Gasteiger partial charge in [0.15, 0.2) is 0 Å². The van der Waals surface area contributed by atoms with Crippen LogP contribution in [0.1, 0.15) is 23.5 Å². The number of aromatic nitrogens is 2. The van der Waals surface area contributed by atoms with Crippen molar-refractivity contribution in [3.63, 3.8) is 0 Å². The molecule has 0 saturated heterocycles. The Morgan fingerprint density at radius 1 is 1.07 bits per heavy atom. The van der Waals surface area contributed by atoms with Gasteiger partial charge in [-0.25, -0.2) is 0 Å². The molecule has 0 N–H and O–H groups in total. The zero-order chi connectivity index (χ0) is 19.1. The van der Waals surface area contributed by atoms with Crippen LogP contribution in [0.15, 0.2) is 73.1 Å². The monoisotopic (exact) mass is 363 g/mol. The summed E-state index contributed by atoms with van der Waals surface area (Å²) in [4.78, 5) is 14.6. The van der Waals surface area contributed by atoms with Gasteiger partial charge in [-0.1, -0.05) is 42.5 Å². The van der Waals surface area contributed by atoms with Crippen LogP contribution in [0.25, 0.3) is 0 Å². The summed E-state index contributed by atoms with van der Waals surface area (Å²) in [5.41, 5.74) is 2.24. The smallest absolute Gasteiger partial charge is 0.223 e. The van der Waals surface area contributed by atoms with Gasteiger partial charge >= 0.3 is 0 Å². The van der Waals surface area contributed by atoms with E-state index >= 15 is 0 Å². The molecule has 5 heteroatoms. The number of carbonyl (C=O) groups excluding carboxylic acids is 1. The van der Waals surface area contributed by atoms with Gasteiger partial charge in [0.05, 0.1) is 13.7 Å². The molecular formula is C22H25N3O2. The summed E-state index contributed by atoms with van der Waals surface area (Å²) in [6.07, 6.45) is 4.07. The van der Waals surface area contributed by atoms with E-state index in [4.69, 9.17) is 4.74 Å². The number of rotatable bonds is 8. The Morgan fingerprint density at radius 3 is 2.41 bits per heavy atom. The van der Waals surface area contributed by atoms with Gasteiger partial charge in [0.2, 0.25) is 5.91 Å². The molecule has 1 atom stereocenters. The number of amides is 1. The Morgan fingerprint density at radius 2 is 1.78 bits per heavy atom. The van der Waals surface area contributed by atoms with Crippen molar-refractivity contribution < 1.29 is 9.53 Å². The lowest BCUT2D eigenvalue weighted by Gasteiger charge is -2.22. The second-order valence-electron chi connectivity index (χ2n) is 6.52. The number of methoxy groups -OCH3 is 1. The molecule has 0 aliphatic carbocycles. The van der Waals surface area contributed by atoms with Crippen LogP contribution in [-0.2, 0) is 11.3 Å². The Kier molecular flexibility index (Phi) is 6.26. The van der Waals surface area contributed by atoms with Crippen LogP contribution in [0.3, 0.4) is 0 Å². The molecule has 3 rings (SSSR count). The van der Waals surface area contributed by atoms with Crippen LogP contribution in [0.5, 0.6) is 5.75 Å². The first kappa shape index (κ1) is 18.7. The normalized spacial score (nSPS) is 11.8. The maximum Gasteiger partial charge on any atom is 0.223 e. The highest BCUT2D eigenvalue weighted by Crippen LogP contribution is 2.29. The summed E-state index contributed by atoms with van der Waals surface area (Å²) in [6, 6.07) is 20.0. The fourth-order valence-electron chi connectivity index (χ4n) is 3.09. The van der Waals surface area contributed by atoms with Crippen LogP contribution in [0, 0.1) is 0 Å². The maximum absolute atomic E-state index is 12.9. The van der Waals surface area contributed by atoms with E-state index in [1.165, 1.54) is 0 Å². The van der Waals surface area contributed by atoms with Crippen molar-refractivity contribution in [3.05, 3.63) is 84.2 Å². The molecule has 0 spiro atoms. The van der Waals surface area contributed by atoms with E-state index in [1.807, 2.05) is 66.5 Å². The lowest BCUT2D eigenvalue weighted by molar-refractivity contribution is -0.130. The van der Waals surface area contributed by atoms with Crippen molar-refractivity contribution in [2.45, 2.75) is 18.9 Å². The molecule has 1 amide bonds. The number of carbonyl (C=O) groups is 1. The van der Waals surface area contributed by atoms with Gasteiger partial charge < -0.3 is 9.64 Å². The third-order valence-electron chi connectivity index (χ3n) is 4.75. The standard InChI is InChI=1S/C22H25N3O2/c1-24(15-16-25-14-6-13-23-25)22(26)17-21(18-7-4-3-5-8-18)19-9-11-20(27-2)12-10-19/h3-14,21H,15-17H2,1-2H3/t21-/m1/s1. The SMILES string of the molecule is COc1ccc([C@H](CC(=O)N(C)CCn2cccn2)c2ccccc2)cc1. The molecule has 2 aromatic carbocycles. The summed E-state index contributed by atoms with van der Waals surface area (Å²) in [5.74, 6) is 0.941. The second-order valence-corrected chi connectivity index (χ2v) is 6.52. The zero-order valence-electron chi connectivity index (χ0n) is 15.8. The molecule has 0 fully saturated rings. The quantitative estimate of drug-likeness (QED) is 0.615. The Labute approximate surface area is 160 Å². The van der Waals surface area contributed by atoms with Crippen LogP contribution in [-0.4, -0.2) is 41.3 Å². The van der Waals surface area contributed by atoms with Crippen molar-refractivity contribution >= 4 is 5.91 Å². The predicted octanol–water partition coefficient (Wildman–Crippen LogP) is 3.57. The van der Waals surface area contributed by atoms with Gasteiger partial charge in [0.25, 0.3) is 0 Å². The van der Waals surface area contributed by atoms with Gasteiger partial charge in [-0.15, -0.1) is 0 Å². The summed E-state index contributed by atoms with van der Waals surface area (Å²) in [5, 5.41) is 4.19. The molecular weight excluding hydrogens is 338 g/mol. The number of likely N-dealkylation sites (N-methyl/N-ethyl adjacent to an activating group) is 1. The number of benzene rings is 2. The van der Waals surface area contributed by atoms with Crippen LogP contribution in [0.2, 0.25) is 0 Å². The molecule has 1 heterocycles. The average Bonchev–Trinajstić information content (AvgIpc) is 3.24. The third kappa shape index (κ3) is 4.97. The molecule has 140 valence electrons. The van der Waals surface area contributed by atoms with Crippen molar-refractivity contribution in [1.29, 1.82) is 0 Å². The summed E-state index contributed by atoms with van der Waals surface area (Å²) in [6.45, 7) is 1.32. The van der Waals surface area contributed by atoms with Gasteiger partial charge in [-0.05, 0) is 29.3 Å². The number of ether oxygens (including phenoxy) is 1. The lowest BCUT2D eigenvalue weighted by atomic mass is 9.88. The van der Waals surface area contributed by atoms with E-state index in [-0.39, 0.29) is 11.8 Å². The predicted molar refractivity (Wildman–Crippen MR) is 106 cm³/mol. The first-order chi connectivity index (χ1) is 13.2. The van der Waals surface area contributed by atoms with E-state index in [9.17, 15) is 4.79 Å². The highest BCUT2D eigenvalue weighted by molar-refractivity contribution is 5.77. The average molecular weight is 363 g/mol. The Bertz CT molecular complexity index is 830. The molecule has 0 bridgehead atoms. The maximum atomic E-state index is 12.9. The Balaban J connectivity index is 1.73. The summed E-state index contributed by atoms with van der Waals surface area (Å²) >= 11 is 0. The van der Waals surface area contributed by atoms with Crippen LogP contribution < -0.4 is 4.74 Å². The van der Waals surface area contributed by atoms with E-state index in [0.29, 0.717) is 19.5 Å². The topological polar surface area (TPSA) is 47.4 Å². The fraction of sp³-hybridized carbons (Fsp3) is 0.273. The van der Waals surface area contributed by atoms with Crippen molar-refractivity contribution in [2.24, 2.45) is 0 Å². The molecule has 0 unspecified atom stereocenters. The molecule has 5 nitrogen and oxygen atoms in total. The molecule has 1 aromatic heterocycles. The number of hydrogen-bond acceptors (Lipinski definition) is 3. The fourth-order valence-corrected chi connectivity index (χ4v) is 3.09. The molecule has 27 heavy (non-hydrogen) atoms. The van der Waals surface area contributed by atoms with E-state index < -0.39 is 0 Å². The van der Waals surface area contributed by atoms with Crippen LogP contribution >= 0.6 is 0 Å². The van der Waals surface area contributed by atoms with E-state index in [2.05, 4.69) is 17.2 Å². The molecule has 0 aliphatic rings. The van der Waals surface area contributed by atoms with Crippen molar-refractivity contribution in [2.75, 3.05) is 20.7 Å². The second kappa shape index (κ2) is 9.03. The molecule has 0 aliphatic heterocycles. The Hall–Kier alpha value is -3.08. The zero-order valence-corrected chi connectivity index (χ0v) is 15.8. The van der Waals surface area contributed by atoms with Crippen molar-refractivity contribution in [1.82, 2.24) is 14.7 Å². The van der Waals surface area contributed by atoms with Gasteiger partial charge in [-0.2, -0.15) is 5.10 Å². The number of hydrogen-bond donors (Lipinski definition) is 0. The van der Waals surface area contributed by atoms with E-state index in [1.54, 1.807) is 18.2 Å². The van der Waals surface area contributed by atoms with Crippen molar-refractivity contribution in [3.8, 4) is 5.75 Å². The van der Waals surface area contributed by atoms with E-state index in [0.717, 1.165) is 16.9 Å². The lowest BCUT2D eigenvalue weighted by Crippen LogP contribution is -2.31. The molecule has 3 aromatic rings. The van der Waals surface area contributed by atoms with Crippen LogP contribution in [0.4, 0.5) is 0 Å². The van der Waals surface area contributed by atoms with Gasteiger partial charge in [0, 0.05) is 38.3 Å². The highest BCUT2D eigenvalue weighted by atomic mass is 16.5. The molecule has 0 saturated carbocycles. The van der Waals surface area contributed by atoms with Gasteiger partial charge in [0.1, 0.15) is 5.75 Å². The summed E-state index contributed by atoms with van der Waals surface area (Å²) < 4.78 is 7.09. The first-order valence-electron chi connectivity index (χ1n) is 9.07. The largest absolute Gasteiger partial charge is 0.497 e.